The Kier molecular flexibility index (Phi) is 5.90. The molecule has 0 aliphatic heterocycles. The summed E-state index contributed by atoms with van der Waals surface area (Å²) >= 11 is 12.0. The molecule has 21 heavy (non-hydrogen) atoms. The molecule has 5 heteroatoms. The number of anilines is 1. The lowest BCUT2D eigenvalue weighted by Gasteiger charge is -2.10. The molecule has 0 aromatic heterocycles. The molecule has 0 aliphatic rings. The van der Waals surface area contributed by atoms with E-state index in [1.54, 1.807) is 18.2 Å². The Hall–Kier alpha value is -1.71. The number of halogens is 2. The summed E-state index contributed by atoms with van der Waals surface area (Å²) in [5.41, 5.74) is 1.78. The van der Waals surface area contributed by atoms with Gasteiger partial charge in [-0.2, -0.15) is 0 Å². The van der Waals surface area contributed by atoms with Gasteiger partial charge in [0.1, 0.15) is 0 Å². The molecular formula is C16H16Cl2N2O. The summed E-state index contributed by atoms with van der Waals surface area (Å²) in [5, 5.41) is 6.81. The van der Waals surface area contributed by atoms with E-state index in [0.717, 1.165) is 6.42 Å². The summed E-state index contributed by atoms with van der Waals surface area (Å²) in [5.74, 6) is -0.0954. The minimum atomic E-state index is -0.0954. The van der Waals surface area contributed by atoms with Crippen LogP contribution >= 0.6 is 23.2 Å². The van der Waals surface area contributed by atoms with Gasteiger partial charge in [0, 0.05) is 6.54 Å². The summed E-state index contributed by atoms with van der Waals surface area (Å²) < 4.78 is 0. The third-order valence-corrected chi connectivity index (χ3v) is 3.60. The molecule has 110 valence electrons. The summed E-state index contributed by atoms with van der Waals surface area (Å²) in [6.07, 6.45) is 0.805. The van der Waals surface area contributed by atoms with Gasteiger partial charge in [-0.05, 0) is 24.1 Å². The van der Waals surface area contributed by atoms with E-state index in [2.05, 4.69) is 10.6 Å². The third-order valence-electron chi connectivity index (χ3n) is 2.97. The topological polar surface area (TPSA) is 41.1 Å². The molecule has 0 atom stereocenters. The molecule has 0 spiro atoms. The molecule has 1 amide bonds. The summed E-state index contributed by atoms with van der Waals surface area (Å²) in [6, 6.07) is 15.2. The normalized spacial score (nSPS) is 10.2. The van der Waals surface area contributed by atoms with Crippen molar-refractivity contribution >= 4 is 34.8 Å². The van der Waals surface area contributed by atoms with Gasteiger partial charge in [0.25, 0.3) is 0 Å². The maximum Gasteiger partial charge on any atom is 0.239 e. The van der Waals surface area contributed by atoms with Crippen LogP contribution in [0.1, 0.15) is 5.56 Å². The van der Waals surface area contributed by atoms with Crippen LogP contribution in [-0.4, -0.2) is 19.0 Å². The lowest BCUT2D eigenvalue weighted by atomic mass is 10.1. The molecule has 2 N–H and O–H groups in total. The Morgan fingerprint density at radius 1 is 0.952 bits per heavy atom. The highest BCUT2D eigenvalue weighted by atomic mass is 35.5. The van der Waals surface area contributed by atoms with Crippen LogP contribution < -0.4 is 10.6 Å². The fraction of sp³-hybridized carbons (Fsp3) is 0.188. The Morgan fingerprint density at radius 3 is 2.29 bits per heavy atom. The molecule has 2 rings (SSSR count). The van der Waals surface area contributed by atoms with Crippen molar-refractivity contribution in [3.05, 3.63) is 64.1 Å². The molecule has 0 fully saturated rings. The van der Waals surface area contributed by atoms with Crippen LogP contribution in [0.5, 0.6) is 0 Å². The Balaban J connectivity index is 1.75. The first-order valence-electron chi connectivity index (χ1n) is 6.65. The van der Waals surface area contributed by atoms with E-state index in [1.165, 1.54) is 5.56 Å². The number of amides is 1. The van der Waals surface area contributed by atoms with E-state index in [9.17, 15) is 4.79 Å². The smallest absolute Gasteiger partial charge is 0.239 e. The lowest BCUT2D eigenvalue weighted by Crippen LogP contribution is -2.31. The summed E-state index contributed by atoms with van der Waals surface area (Å²) in [4.78, 5) is 11.8. The Bertz CT molecular complexity index is 582. The van der Waals surface area contributed by atoms with E-state index >= 15 is 0 Å². The molecule has 0 radical (unpaired) electrons. The number of rotatable bonds is 6. The first-order chi connectivity index (χ1) is 10.2. The molecule has 2 aromatic rings. The van der Waals surface area contributed by atoms with Crippen molar-refractivity contribution in [1.82, 2.24) is 5.32 Å². The quantitative estimate of drug-likeness (QED) is 0.850. The SMILES string of the molecule is O=C(CNc1c(Cl)cccc1Cl)NCCc1ccccc1. The van der Waals surface area contributed by atoms with Gasteiger partial charge in [0.15, 0.2) is 0 Å². The van der Waals surface area contributed by atoms with Gasteiger partial charge in [-0.1, -0.05) is 59.6 Å². The van der Waals surface area contributed by atoms with Crippen LogP contribution in [0, 0.1) is 0 Å². The van der Waals surface area contributed by atoms with E-state index in [4.69, 9.17) is 23.2 Å². The van der Waals surface area contributed by atoms with Crippen molar-refractivity contribution in [2.45, 2.75) is 6.42 Å². The fourth-order valence-corrected chi connectivity index (χ4v) is 2.42. The average molecular weight is 323 g/mol. The second-order valence-corrected chi connectivity index (χ2v) is 5.35. The molecular weight excluding hydrogens is 307 g/mol. The van der Waals surface area contributed by atoms with E-state index in [0.29, 0.717) is 22.3 Å². The summed E-state index contributed by atoms with van der Waals surface area (Å²) in [6.45, 7) is 0.735. The summed E-state index contributed by atoms with van der Waals surface area (Å²) in [7, 11) is 0. The second-order valence-electron chi connectivity index (χ2n) is 4.54. The van der Waals surface area contributed by atoms with Crippen molar-refractivity contribution in [2.75, 3.05) is 18.4 Å². The van der Waals surface area contributed by atoms with Crippen molar-refractivity contribution in [3.8, 4) is 0 Å². The van der Waals surface area contributed by atoms with Crippen LogP contribution in [0.2, 0.25) is 10.0 Å². The second kappa shape index (κ2) is 7.91. The standard InChI is InChI=1S/C16H16Cl2N2O/c17-13-7-4-8-14(18)16(13)20-11-15(21)19-10-9-12-5-2-1-3-6-12/h1-8,20H,9-11H2,(H,19,21). The van der Waals surface area contributed by atoms with Crippen LogP contribution in [0.4, 0.5) is 5.69 Å². The van der Waals surface area contributed by atoms with E-state index in [1.807, 2.05) is 30.3 Å². The number of nitrogens with one attached hydrogen (secondary N) is 2. The van der Waals surface area contributed by atoms with Gasteiger partial charge in [-0.15, -0.1) is 0 Å². The van der Waals surface area contributed by atoms with Crippen molar-refractivity contribution in [2.24, 2.45) is 0 Å². The monoisotopic (exact) mass is 322 g/mol. The third kappa shape index (κ3) is 4.96. The van der Waals surface area contributed by atoms with Crippen molar-refractivity contribution < 1.29 is 4.79 Å². The fourth-order valence-electron chi connectivity index (χ4n) is 1.89. The predicted octanol–water partition coefficient (Wildman–Crippen LogP) is 3.76. The zero-order valence-corrected chi connectivity index (χ0v) is 12.9. The van der Waals surface area contributed by atoms with Gasteiger partial charge in [0.05, 0.1) is 22.3 Å². The number of hydrogen-bond acceptors (Lipinski definition) is 2. The van der Waals surface area contributed by atoms with Crippen LogP contribution in [0.15, 0.2) is 48.5 Å². The Morgan fingerprint density at radius 2 is 1.62 bits per heavy atom. The number of benzene rings is 2. The zero-order valence-electron chi connectivity index (χ0n) is 11.4. The highest BCUT2D eigenvalue weighted by Crippen LogP contribution is 2.29. The first kappa shape index (κ1) is 15.7. The molecule has 2 aromatic carbocycles. The zero-order chi connectivity index (χ0) is 15.1. The number of carbonyl (C=O) groups is 1. The molecule has 0 bridgehead atoms. The van der Waals surface area contributed by atoms with Crippen molar-refractivity contribution in [3.63, 3.8) is 0 Å². The molecule has 0 heterocycles. The first-order valence-corrected chi connectivity index (χ1v) is 7.41. The van der Waals surface area contributed by atoms with E-state index in [-0.39, 0.29) is 12.5 Å². The maximum absolute atomic E-state index is 11.8. The predicted molar refractivity (Wildman–Crippen MR) is 88.1 cm³/mol. The molecule has 0 unspecified atom stereocenters. The highest BCUT2D eigenvalue weighted by Gasteiger charge is 2.07. The molecule has 0 saturated carbocycles. The Labute approximate surface area is 134 Å². The number of para-hydroxylation sites is 1. The van der Waals surface area contributed by atoms with Crippen LogP contribution in [0.25, 0.3) is 0 Å². The average Bonchev–Trinajstić information content (AvgIpc) is 2.48. The molecule has 3 nitrogen and oxygen atoms in total. The van der Waals surface area contributed by atoms with E-state index < -0.39 is 0 Å². The molecule has 0 aliphatic carbocycles. The highest BCUT2D eigenvalue weighted by molar-refractivity contribution is 6.39. The van der Waals surface area contributed by atoms with Gasteiger partial charge in [-0.3, -0.25) is 4.79 Å². The minimum Gasteiger partial charge on any atom is -0.374 e. The number of carbonyl (C=O) groups excluding carboxylic acids is 1. The van der Waals surface area contributed by atoms with Gasteiger partial charge >= 0.3 is 0 Å². The molecule has 0 saturated heterocycles. The number of hydrogen-bond donors (Lipinski definition) is 2. The van der Waals surface area contributed by atoms with Crippen LogP contribution in [-0.2, 0) is 11.2 Å². The van der Waals surface area contributed by atoms with Gasteiger partial charge in [0.2, 0.25) is 5.91 Å². The van der Waals surface area contributed by atoms with Crippen molar-refractivity contribution in [1.29, 1.82) is 0 Å². The minimum absolute atomic E-state index is 0.0954. The lowest BCUT2D eigenvalue weighted by molar-refractivity contribution is -0.119. The maximum atomic E-state index is 11.8. The van der Waals surface area contributed by atoms with Gasteiger partial charge < -0.3 is 10.6 Å². The van der Waals surface area contributed by atoms with Crippen LogP contribution in [0.3, 0.4) is 0 Å². The largest absolute Gasteiger partial charge is 0.374 e. The van der Waals surface area contributed by atoms with Gasteiger partial charge in [-0.25, -0.2) is 0 Å².